The first kappa shape index (κ1) is 16.2. The third-order valence-electron chi connectivity index (χ3n) is 1.72. The van der Waals surface area contributed by atoms with Crippen LogP contribution >= 0.6 is 0 Å². The molecule has 0 fully saturated rings. The molecule has 0 saturated heterocycles. The van der Waals surface area contributed by atoms with Gasteiger partial charge in [0.15, 0.2) is 0 Å². The van der Waals surface area contributed by atoms with E-state index in [-0.39, 0.29) is 12.5 Å². The predicted molar refractivity (Wildman–Crippen MR) is 55.4 cm³/mol. The number of carbonyl (C=O) groups excluding carboxylic acids is 3. The normalized spacial score (nSPS) is 10.7. The van der Waals surface area contributed by atoms with Gasteiger partial charge < -0.3 is 16.0 Å². The van der Waals surface area contributed by atoms with Crippen LogP contribution in [0.15, 0.2) is 0 Å². The van der Waals surface area contributed by atoms with Crippen molar-refractivity contribution in [2.24, 2.45) is 0 Å². The quantitative estimate of drug-likeness (QED) is 0.558. The maximum Gasteiger partial charge on any atom is 0.471 e. The van der Waals surface area contributed by atoms with Crippen LogP contribution in [0.2, 0.25) is 0 Å². The van der Waals surface area contributed by atoms with E-state index in [1.807, 2.05) is 0 Å². The largest absolute Gasteiger partial charge is 0.471 e. The zero-order valence-corrected chi connectivity index (χ0v) is 9.69. The molecule has 0 radical (unpaired) electrons. The number of hydrogen-bond acceptors (Lipinski definition) is 3. The first-order valence-corrected chi connectivity index (χ1v) is 5.09. The molecule has 3 N–H and O–H groups in total. The molecule has 0 aromatic carbocycles. The molecule has 0 spiro atoms. The maximum absolute atomic E-state index is 11.7. The van der Waals surface area contributed by atoms with Crippen molar-refractivity contribution in [3.05, 3.63) is 0 Å². The number of carbonyl (C=O) groups is 3. The van der Waals surface area contributed by atoms with Crippen molar-refractivity contribution >= 4 is 17.7 Å². The Labute approximate surface area is 101 Å². The highest BCUT2D eigenvalue weighted by molar-refractivity contribution is 5.87. The van der Waals surface area contributed by atoms with E-state index in [2.05, 4.69) is 10.6 Å². The van der Waals surface area contributed by atoms with E-state index in [9.17, 15) is 27.6 Å². The lowest BCUT2D eigenvalue weighted by Gasteiger charge is -2.08. The van der Waals surface area contributed by atoms with E-state index >= 15 is 0 Å². The second-order valence-electron chi connectivity index (χ2n) is 3.37. The van der Waals surface area contributed by atoms with Gasteiger partial charge >= 0.3 is 12.1 Å². The van der Waals surface area contributed by atoms with Gasteiger partial charge in [-0.15, -0.1) is 0 Å². The van der Waals surface area contributed by atoms with E-state index in [0.29, 0.717) is 13.0 Å². The highest BCUT2D eigenvalue weighted by Gasteiger charge is 2.38. The molecular weight excluding hydrogens is 255 g/mol. The number of amides is 3. The van der Waals surface area contributed by atoms with Gasteiger partial charge in [-0.25, -0.2) is 0 Å². The zero-order valence-electron chi connectivity index (χ0n) is 9.69. The Morgan fingerprint density at radius 1 is 1.00 bits per heavy atom. The van der Waals surface area contributed by atoms with E-state index in [4.69, 9.17) is 0 Å². The van der Waals surface area contributed by atoms with Crippen LogP contribution in [-0.4, -0.2) is 43.5 Å². The summed E-state index contributed by atoms with van der Waals surface area (Å²) in [6.07, 6.45) is -4.55. The van der Waals surface area contributed by atoms with Crippen LogP contribution < -0.4 is 16.0 Å². The third-order valence-corrected chi connectivity index (χ3v) is 1.72. The number of halogens is 3. The van der Waals surface area contributed by atoms with Crippen molar-refractivity contribution in [3.8, 4) is 0 Å². The van der Waals surface area contributed by atoms with Crippen molar-refractivity contribution in [2.45, 2.75) is 19.5 Å². The minimum absolute atomic E-state index is 0.195. The zero-order chi connectivity index (χ0) is 14.2. The summed E-state index contributed by atoms with van der Waals surface area (Å²) in [4.78, 5) is 31.8. The molecule has 0 aliphatic rings. The fourth-order valence-electron chi connectivity index (χ4n) is 0.904. The van der Waals surface area contributed by atoms with Crippen molar-refractivity contribution in [3.63, 3.8) is 0 Å². The molecule has 0 saturated carbocycles. The van der Waals surface area contributed by atoms with Crippen molar-refractivity contribution in [1.82, 2.24) is 16.0 Å². The average Bonchev–Trinajstić information content (AvgIpc) is 2.23. The van der Waals surface area contributed by atoms with Crippen LogP contribution in [0.4, 0.5) is 13.2 Å². The van der Waals surface area contributed by atoms with Crippen LogP contribution in [-0.2, 0) is 14.4 Å². The van der Waals surface area contributed by atoms with Gasteiger partial charge in [0.1, 0.15) is 0 Å². The SMILES string of the molecule is CC(=O)NCCCNC(=O)CNC(=O)C(F)(F)F. The summed E-state index contributed by atoms with van der Waals surface area (Å²) in [5, 5.41) is 6.21. The summed E-state index contributed by atoms with van der Waals surface area (Å²) in [5.41, 5.74) is 0. The number of alkyl halides is 3. The van der Waals surface area contributed by atoms with Crippen LogP contribution in [0.1, 0.15) is 13.3 Å². The summed E-state index contributed by atoms with van der Waals surface area (Å²) in [6.45, 7) is 1.15. The van der Waals surface area contributed by atoms with E-state index in [1.54, 1.807) is 0 Å². The van der Waals surface area contributed by atoms with Crippen LogP contribution in [0.25, 0.3) is 0 Å². The van der Waals surface area contributed by atoms with Gasteiger partial charge in [0.05, 0.1) is 6.54 Å². The van der Waals surface area contributed by atoms with Gasteiger partial charge in [-0.2, -0.15) is 13.2 Å². The lowest BCUT2D eigenvalue weighted by atomic mass is 10.4. The smallest absolute Gasteiger partial charge is 0.356 e. The molecule has 0 atom stereocenters. The highest BCUT2D eigenvalue weighted by Crippen LogP contribution is 2.13. The molecule has 0 heterocycles. The Morgan fingerprint density at radius 3 is 2.06 bits per heavy atom. The molecule has 0 rings (SSSR count). The highest BCUT2D eigenvalue weighted by atomic mass is 19.4. The monoisotopic (exact) mass is 269 g/mol. The Kier molecular flexibility index (Phi) is 6.76. The lowest BCUT2D eigenvalue weighted by Crippen LogP contribution is -2.43. The fraction of sp³-hybridized carbons (Fsp3) is 0.667. The molecule has 0 unspecified atom stereocenters. The summed E-state index contributed by atoms with van der Waals surface area (Å²) < 4.78 is 35.2. The predicted octanol–water partition coefficient (Wildman–Crippen LogP) is -0.693. The Morgan fingerprint density at radius 2 is 1.56 bits per heavy atom. The minimum Gasteiger partial charge on any atom is -0.356 e. The first-order chi connectivity index (χ1) is 8.23. The Hall–Kier alpha value is -1.80. The maximum atomic E-state index is 11.7. The van der Waals surface area contributed by atoms with Crippen LogP contribution in [0.5, 0.6) is 0 Å². The topological polar surface area (TPSA) is 87.3 Å². The summed E-state index contributed by atoms with van der Waals surface area (Å²) in [5.74, 6) is -3.09. The number of nitrogens with one attached hydrogen (secondary N) is 3. The molecule has 104 valence electrons. The van der Waals surface area contributed by atoms with Gasteiger partial charge in [0.25, 0.3) is 0 Å². The second-order valence-corrected chi connectivity index (χ2v) is 3.37. The molecule has 9 heteroatoms. The molecule has 0 aromatic rings. The van der Waals surface area contributed by atoms with Gasteiger partial charge in [-0.05, 0) is 6.42 Å². The molecule has 0 aliphatic carbocycles. The van der Waals surface area contributed by atoms with E-state index < -0.39 is 24.5 Å². The van der Waals surface area contributed by atoms with Gasteiger partial charge in [-0.3, -0.25) is 14.4 Å². The molecule has 0 bridgehead atoms. The van der Waals surface area contributed by atoms with Gasteiger partial charge in [0, 0.05) is 20.0 Å². The van der Waals surface area contributed by atoms with Gasteiger partial charge in [-0.1, -0.05) is 0 Å². The third kappa shape index (κ3) is 8.36. The van der Waals surface area contributed by atoms with Crippen LogP contribution in [0.3, 0.4) is 0 Å². The number of hydrogen-bond donors (Lipinski definition) is 3. The molecule has 6 nitrogen and oxygen atoms in total. The molecule has 18 heavy (non-hydrogen) atoms. The van der Waals surface area contributed by atoms with Crippen molar-refractivity contribution < 1.29 is 27.6 Å². The minimum atomic E-state index is -4.99. The summed E-state index contributed by atoms with van der Waals surface area (Å²) in [6, 6.07) is 0. The van der Waals surface area contributed by atoms with E-state index in [1.165, 1.54) is 12.2 Å². The first-order valence-electron chi connectivity index (χ1n) is 5.09. The molecule has 3 amide bonds. The molecular formula is C9H14F3N3O3. The summed E-state index contributed by atoms with van der Waals surface area (Å²) in [7, 11) is 0. The fourth-order valence-corrected chi connectivity index (χ4v) is 0.904. The molecule has 0 aliphatic heterocycles. The van der Waals surface area contributed by atoms with Crippen molar-refractivity contribution in [2.75, 3.05) is 19.6 Å². The van der Waals surface area contributed by atoms with Crippen molar-refractivity contribution in [1.29, 1.82) is 0 Å². The van der Waals surface area contributed by atoms with Crippen LogP contribution in [0, 0.1) is 0 Å². The number of rotatable bonds is 6. The summed E-state index contributed by atoms with van der Waals surface area (Å²) >= 11 is 0. The van der Waals surface area contributed by atoms with Gasteiger partial charge in [0.2, 0.25) is 11.8 Å². The lowest BCUT2D eigenvalue weighted by molar-refractivity contribution is -0.173. The average molecular weight is 269 g/mol. The second kappa shape index (κ2) is 7.51. The standard InChI is InChI=1S/C9H14F3N3O3/c1-6(16)13-3-2-4-14-7(17)5-15-8(18)9(10,11)12/h2-5H2,1H3,(H,13,16)(H,14,17)(H,15,18). The van der Waals surface area contributed by atoms with E-state index in [0.717, 1.165) is 0 Å². The Balaban J connectivity index is 3.61. The molecule has 0 aromatic heterocycles. The Bertz CT molecular complexity index is 318.